The number of ether oxygens (including phenoxy) is 2. The summed E-state index contributed by atoms with van der Waals surface area (Å²) < 4.78 is 10.9. The Morgan fingerprint density at radius 1 is 0.968 bits per heavy atom. The normalized spacial score (nSPS) is 11.2. The predicted molar refractivity (Wildman–Crippen MR) is 126 cm³/mol. The van der Waals surface area contributed by atoms with Gasteiger partial charge in [0.1, 0.15) is 11.5 Å². The third-order valence-corrected chi connectivity index (χ3v) is 5.52. The van der Waals surface area contributed by atoms with Crippen molar-refractivity contribution in [2.24, 2.45) is 0 Å². The smallest absolute Gasteiger partial charge is 0.341 e. The summed E-state index contributed by atoms with van der Waals surface area (Å²) in [6.07, 6.45) is 2.24. The topological polar surface area (TPSA) is 55.8 Å². The van der Waals surface area contributed by atoms with Gasteiger partial charge in [-0.25, -0.2) is 4.79 Å². The molecular weight excluding hydrogens is 408 g/mol. The van der Waals surface area contributed by atoms with Crippen molar-refractivity contribution in [1.29, 1.82) is 0 Å². The summed E-state index contributed by atoms with van der Waals surface area (Å²) in [5.41, 5.74) is 4.41. The van der Waals surface area contributed by atoms with Gasteiger partial charge < -0.3 is 14.6 Å². The van der Waals surface area contributed by atoms with Crippen molar-refractivity contribution in [2.75, 3.05) is 19.0 Å². The highest BCUT2D eigenvalue weighted by atomic mass is 32.2. The van der Waals surface area contributed by atoms with Gasteiger partial charge in [0.25, 0.3) is 0 Å². The highest BCUT2D eigenvalue weighted by Crippen LogP contribution is 2.29. The Morgan fingerprint density at radius 2 is 1.68 bits per heavy atom. The van der Waals surface area contributed by atoms with E-state index in [4.69, 9.17) is 14.6 Å². The average molecular weight is 435 g/mol. The van der Waals surface area contributed by atoms with E-state index in [0.29, 0.717) is 12.4 Å². The SMILES string of the molecule is CCOc1ccc(/C(=C\CSc2ccc(OCC(=O)O)c(C)c2)c2ccccc2)cc1. The Morgan fingerprint density at radius 3 is 2.32 bits per heavy atom. The molecule has 0 unspecified atom stereocenters. The molecule has 5 heteroatoms. The Kier molecular flexibility index (Phi) is 8.19. The zero-order valence-electron chi connectivity index (χ0n) is 17.7. The molecule has 0 aliphatic rings. The monoisotopic (exact) mass is 434 g/mol. The first-order valence-electron chi connectivity index (χ1n) is 10.1. The summed E-state index contributed by atoms with van der Waals surface area (Å²) in [6, 6.07) is 24.3. The third-order valence-electron chi connectivity index (χ3n) is 4.60. The zero-order valence-corrected chi connectivity index (χ0v) is 18.5. The number of aryl methyl sites for hydroxylation is 1. The molecule has 3 aromatic carbocycles. The summed E-state index contributed by atoms with van der Waals surface area (Å²) >= 11 is 1.72. The van der Waals surface area contributed by atoms with Crippen LogP contribution >= 0.6 is 11.8 Å². The lowest BCUT2D eigenvalue weighted by Crippen LogP contribution is -2.09. The maximum Gasteiger partial charge on any atom is 0.341 e. The number of aliphatic carboxylic acids is 1. The largest absolute Gasteiger partial charge is 0.494 e. The van der Waals surface area contributed by atoms with Crippen molar-refractivity contribution in [2.45, 2.75) is 18.7 Å². The molecule has 0 saturated heterocycles. The number of carboxylic acid groups (broad SMARTS) is 1. The van der Waals surface area contributed by atoms with Crippen LogP contribution in [-0.2, 0) is 4.79 Å². The van der Waals surface area contributed by atoms with Crippen LogP contribution in [-0.4, -0.2) is 30.0 Å². The van der Waals surface area contributed by atoms with Crippen LogP contribution in [0.4, 0.5) is 0 Å². The zero-order chi connectivity index (χ0) is 22.1. The molecule has 0 fully saturated rings. The first-order chi connectivity index (χ1) is 15.1. The molecule has 31 heavy (non-hydrogen) atoms. The van der Waals surface area contributed by atoms with Crippen molar-refractivity contribution in [1.82, 2.24) is 0 Å². The van der Waals surface area contributed by atoms with Crippen LogP contribution < -0.4 is 9.47 Å². The lowest BCUT2D eigenvalue weighted by Gasteiger charge is -2.11. The number of hydrogen-bond donors (Lipinski definition) is 1. The van der Waals surface area contributed by atoms with Gasteiger partial charge in [0.05, 0.1) is 6.61 Å². The molecule has 0 spiro atoms. The standard InChI is InChI=1S/C26H26O4S/c1-3-29-22-11-9-21(10-12-22)24(20-7-5-4-6-8-20)15-16-31-23-13-14-25(19(2)17-23)30-18-26(27)28/h4-15,17H,3,16,18H2,1-2H3,(H,27,28)/b24-15-. The molecule has 0 bridgehead atoms. The van der Waals surface area contributed by atoms with Crippen LogP contribution in [0.25, 0.3) is 5.57 Å². The van der Waals surface area contributed by atoms with E-state index in [1.54, 1.807) is 11.8 Å². The van der Waals surface area contributed by atoms with E-state index in [0.717, 1.165) is 27.5 Å². The van der Waals surface area contributed by atoms with E-state index < -0.39 is 5.97 Å². The highest BCUT2D eigenvalue weighted by Gasteiger charge is 2.07. The molecule has 0 amide bonds. The van der Waals surface area contributed by atoms with Crippen molar-refractivity contribution in [3.05, 3.63) is 95.6 Å². The first kappa shape index (κ1) is 22.5. The third kappa shape index (κ3) is 6.66. The molecule has 0 aliphatic carbocycles. The molecule has 160 valence electrons. The highest BCUT2D eigenvalue weighted by molar-refractivity contribution is 7.99. The van der Waals surface area contributed by atoms with Gasteiger partial charge in [0.15, 0.2) is 6.61 Å². The minimum absolute atomic E-state index is 0.335. The second kappa shape index (κ2) is 11.3. The molecule has 0 atom stereocenters. The quantitative estimate of drug-likeness (QED) is 0.392. The van der Waals surface area contributed by atoms with Crippen molar-refractivity contribution in [3.8, 4) is 11.5 Å². The maximum absolute atomic E-state index is 10.7. The molecule has 0 aliphatic heterocycles. The van der Waals surface area contributed by atoms with E-state index in [1.807, 2.05) is 62.4 Å². The summed E-state index contributed by atoms with van der Waals surface area (Å²) in [5, 5.41) is 8.78. The second-order valence-electron chi connectivity index (χ2n) is 6.86. The number of rotatable bonds is 10. The first-order valence-corrected chi connectivity index (χ1v) is 11.1. The van der Waals surface area contributed by atoms with Gasteiger partial charge in [0.2, 0.25) is 0 Å². The number of carbonyl (C=O) groups is 1. The molecule has 4 nitrogen and oxygen atoms in total. The molecule has 0 saturated carbocycles. The lowest BCUT2D eigenvalue weighted by atomic mass is 9.98. The fourth-order valence-electron chi connectivity index (χ4n) is 3.15. The number of hydrogen-bond acceptors (Lipinski definition) is 4. The van der Waals surface area contributed by atoms with E-state index in [-0.39, 0.29) is 6.61 Å². The van der Waals surface area contributed by atoms with Crippen molar-refractivity contribution in [3.63, 3.8) is 0 Å². The molecule has 3 rings (SSSR count). The van der Waals surface area contributed by atoms with E-state index in [2.05, 4.69) is 30.3 Å². The van der Waals surface area contributed by atoms with Gasteiger partial charge in [-0.3, -0.25) is 0 Å². The van der Waals surface area contributed by atoms with E-state index in [1.165, 1.54) is 11.1 Å². The van der Waals surface area contributed by atoms with Gasteiger partial charge in [-0.2, -0.15) is 0 Å². The number of thioether (sulfide) groups is 1. The Bertz CT molecular complexity index is 1030. The molecular formula is C26H26O4S. The van der Waals surface area contributed by atoms with Crippen LogP contribution in [0.15, 0.2) is 83.8 Å². The minimum atomic E-state index is -0.981. The van der Waals surface area contributed by atoms with Crippen molar-refractivity contribution >= 4 is 23.3 Å². The van der Waals surface area contributed by atoms with Crippen LogP contribution in [0, 0.1) is 6.92 Å². The van der Waals surface area contributed by atoms with Crippen LogP contribution in [0.5, 0.6) is 11.5 Å². The minimum Gasteiger partial charge on any atom is -0.494 e. The Balaban J connectivity index is 1.75. The van der Waals surface area contributed by atoms with Gasteiger partial charge in [-0.1, -0.05) is 48.5 Å². The summed E-state index contributed by atoms with van der Waals surface area (Å²) in [4.78, 5) is 11.8. The van der Waals surface area contributed by atoms with Crippen LogP contribution in [0.1, 0.15) is 23.6 Å². The Hall–Kier alpha value is -3.18. The van der Waals surface area contributed by atoms with Gasteiger partial charge in [-0.15, -0.1) is 11.8 Å². The lowest BCUT2D eigenvalue weighted by molar-refractivity contribution is -0.139. The molecule has 0 aromatic heterocycles. The molecule has 0 heterocycles. The van der Waals surface area contributed by atoms with Gasteiger partial charge in [-0.05, 0) is 66.4 Å². The average Bonchev–Trinajstić information content (AvgIpc) is 2.77. The Labute approximate surface area is 187 Å². The summed E-state index contributed by atoms with van der Waals surface area (Å²) in [5.74, 6) is 1.28. The fourth-order valence-corrected chi connectivity index (χ4v) is 4.02. The predicted octanol–water partition coefficient (Wildman–Crippen LogP) is 6.08. The van der Waals surface area contributed by atoms with E-state index in [9.17, 15) is 4.79 Å². The molecule has 3 aromatic rings. The van der Waals surface area contributed by atoms with Gasteiger partial charge in [0, 0.05) is 10.6 Å². The number of benzene rings is 3. The van der Waals surface area contributed by atoms with E-state index >= 15 is 0 Å². The summed E-state index contributed by atoms with van der Waals surface area (Å²) in [6.45, 7) is 4.22. The molecule has 1 N–H and O–H groups in total. The molecule has 0 radical (unpaired) electrons. The van der Waals surface area contributed by atoms with Crippen LogP contribution in [0.2, 0.25) is 0 Å². The number of carboxylic acids is 1. The van der Waals surface area contributed by atoms with Crippen LogP contribution in [0.3, 0.4) is 0 Å². The van der Waals surface area contributed by atoms with Gasteiger partial charge >= 0.3 is 5.97 Å². The maximum atomic E-state index is 10.7. The van der Waals surface area contributed by atoms with Crippen molar-refractivity contribution < 1.29 is 19.4 Å². The summed E-state index contributed by atoms with van der Waals surface area (Å²) in [7, 11) is 0. The fraction of sp³-hybridized carbons (Fsp3) is 0.192. The second-order valence-corrected chi connectivity index (χ2v) is 7.96.